The zero-order valence-corrected chi connectivity index (χ0v) is 18.0. The molecule has 1 heterocycles. The molecule has 1 aliphatic heterocycles. The van der Waals surface area contributed by atoms with Gasteiger partial charge in [-0.2, -0.15) is 4.31 Å². The van der Waals surface area contributed by atoms with Crippen LogP contribution in [0.15, 0.2) is 71.6 Å². The number of aliphatic hydroxyl groups excluding tert-OH is 1. The average molecular weight is 457 g/mol. The maximum Gasteiger partial charge on any atom is 0.261 e. The minimum absolute atomic E-state index is 0.00198. The normalized spacial score (nSPS) is 19.6. The standard InChI is InChI=1S/C23H24N2O6S/c26-18-12-13-25(22(14-18)23(27)24-28)32(29,30)20-10-8-19(9-11-20)31-15-17-6-3-5-16-4-1-2-7-21(16)17/h1-11,18,22,26,28H,12-15H2,(H,24,27). The fourth-order valence-electron chi connectivity index (χ4n) is 3.95. The number of aliphatic hydroxyl groups is 1. The molecule has 1 amide bonds. The van der Waals surface area contributed by atoms with E-state index in [2.05, 4.69) is 0 Å². The molecule has 2 atom stereocenters. The molecule has 168 valence electrons. The summed E-state index contributed by atoms with van der Waals surface area (Å²) in [7, 11) is -4.01. The molecule has 2 unspecified atom stereocenters. The number of benzene rings is 3. The smallest absolute Gasteiger partial charge is 0.261 e. The lowest BCUT2D eigenvalue weighted by atomic mass is 10.0. The molecule has 0 radical (unpaired) electrons. The number of hydrogen-bond donors (Lipinski definition) is 3. The lowest BCUT2D eigenvalue weighted by Crippen LogP contribution is -2.54. The van der Waals surface area contributed by atoms with Crippen LogP contribution >= 0.6 is 0 Å². The van der Waals surface area contributed by atoms with Crippen LogP contribution in [0.25, 0.3) is 10.8 Å². The van der Waals surface area contributed by atoms with Crippen LogP contribution in [0.4, 0.5) is 0 Å². The van der Waals surface area contributed by atoms with Crippen LogP contribution < -0.4 is 10.2 Å². The van der Waals surface area contributed by atoms with Crippen LogP contribution in [0.3, 0.4) is 0 Å². The van der Waals surface area contributed by atoms with E-state index in [0.29, 0.717) is 12.4 Å². The van der Waals surface area contributed by atoms with Crippen molar-refractivity contribution < 1.29 is 28.3 Å². The number of piperidine rings is 1. The fraction of sp³-hybridized carbons (Fsp3) is 0.261. The molecule has 0 bridgehead atoms. The Labute approximate surface area is 186 Å². The predicted octanol–water partition coefficient (Wildman–Crippen LogP) is 2.44. The second-order valence-corrected chi connectivity index (χ2v) is 9.57. The Kier molecular flexibility index (Phi) is 6.43. The number of rotatable bonds is 6. The van der Waals surface area contributed by atoms with Gasteiger partial charge in [-0.3, -0.25) is 10.0 Å². The van der Waals surface area contributed by atoms with Crippen LogP contribution in [0.1, 0.15) is 18.4 Å². The number of carbonyl (C=O) groups excluding carboxylic acids is 1. The number of ether oxygens (including phenoxy) is 1. The monoisotopic (exact) mass is 456 g/mol. The van der Waals surface area contributed by atoms with Crippen molar-refractivity contribution in [2.24, 2.45) is 0 Å². The maximum atomic E-state index is 13.1. The molecule has 9 heteroatoms. The van der Waals surface area contributed by atoms with Gasteiger partial charge in [-0.25, -0.2) is 13.9 Å². The Morgan fingerprint density at radius 3 is 2.53 bits per heavy atom. The highest BCUT2D eigenvalue weighted by Crippen LogP contribution is 2.27. The molecule has 32 heavy (non-hydrogen) atoms. The summed E-state index contributed by atoms with van der Waals surface area (Å²) in [6.45, 7) is 0.303. The Morgan fingerprint density at radius 1 is 1.06 bits per heavy atom. The fourth-order valence-corrected chi connectivity index (χ4v) is 5.56. The van der Waals surface area contributed by atoms with E-state index in [-0.39, 0.29) is 24.3 Å². The second kappa shape index (κ2) is 9.25. The third-order valence-corrected chi connectivity index (χ3v) is 7.57. The maximum absolute atomic E-state index is 13.1. The Hall–Kier alpha value is -2.98. The summed E-state index contributed by atoms with van der Waals surface area (Å²) in [6, 6.07) is 18.8. The zero-order chi connectivity index (χ0) is 22.7. The van der Waals surface area contributed by atoms with E-state index in [4.69, 9.17) is 9.94 Å². The number of sulfonamides is 1. The topological polar surface area (TPSA) is 116 Å². The van der Waals surface area contributed by atoms with E-state index in [1.807, 2.05) is 42.5 Å². The van der Waals surface area contributed by atoms with Gasteiger partial charge >= 0.3 is 0 Å². The first-order valence-corrected chi connectivity index (χ1v) is 11.7. The van der Waals surface area contributed by atoms with Gasteiger partial charge in [0, 0.05) is 6.54 Å². The summed E-state index contributed by atoms with van der Waals surface area (Å²) >= 11 is 0. The SMILES string of the molecule is O=C(NO)C1CC(O)CCN1S(=O)(=O)c1ccc(OCc2cccc3ccccc23)cc1. The van der Waals surface area contributed by atoms with Crippen molar-refractivity contribution in [2.45, 2.75) is 36.5 Å². The summed E-state index contributed by atoms with van der Waals surface area (Å²) in [5, 5.41) is 21.0. The Bertz CT molecular complexity index is 1210. The molecule has 3 N–H and O–H groups in total. The Morgan fingerprint density at radius 2 is 1.78 bits per heavy atom. The molecule has 0 saturated carbocycles. The van der Waals surface area contributed by atoms with Gasteiger partial charge in [0.15, 0.2) is 0 Å². The van der Waals surface area contributed by atoms with Gasteiger partial charge in [0.2, 0.25) is 10.0 Å². The van der Waals surface area contributed by atoms with Crippen molar-refractivity contribution in [1.82, 2.24) is 9.79 Å². The first kappa shape index (κ1) is 22.2. The third kappa shape index (κ3) is 4.46. The highest BCUT2D eigenvalue weighted by molar-refractivity contribution is 7.89. The minimum Gasteiger partial charge on any atom is -0.489 e. The van der Waals surface area contributed by atoms with E-state index in [1.165, 1.54) is 17.6 Å². The summed E-state index contributed by atoms with van der Waals surface area (Å²) in [5.74, 6) is -0.363. The van der Waals surface area contributed by atoms with Crippen molar-refractivity contribution in [1.29, 1.82) is 0 Å². The summed E-state index contributed by atoms with van der Waals surface area (Å²) in [6.07, 6.45) is -0.688. The number of nitrogens with zero attached hydrogens (tertiary/aromatic N) is 1. The van der Waals surface area contributed by atoms with Crippen molar-refractivity contribution in [3.05, 3.63) is 72.3 Å². The van der Waals surface area contributed by atoms with Gasteiger partial charge in [0.05, 0.1) is 11.0 Å². The van der Waals surface area contributed by atoms with Crippen molar-refractivity contribution in [2.75, 3.05) is 6.54 Å². The number of hydroxylamine groups is 1. The second-order valence-electron chi connectivity index (χ2n) is 7.68. The van der Waals surface area contributed by atoms with Gasteiger partial charge in [-0.15, -0.1) is 0 Å². The molecule has 0 aromatic heterocycles. The number of carbonyl (C=O) groups is 1. The van der Waals surface area contributed by atoms with Gasteiger partial charge in [-0.05, 0) is 53.4 Å². The van der Waals surface area contributed by atoms with Gasteiger partial charge in [0.1, 0.15) is 18.4 Å². The molecule has 1 fully saturated rings. The molecule has 1 aliphatic rings. The molecular weight excluding hydrogens is 432 g/mol. The number of nitrogens with one attached hydrogen (secondary N) is 1. The van der Waals surface area contributed by atoms with Gasteiger partial charge in [0.25, 0.3) is 5.91 Å². The number of fused-ring (bicyclic) bond motifs is 1. The van der Waals surface area contributed by atoms with Crippen LogP contribution in [-0.2, 0) is 21.4 Å². The highest BCUT2D eigenvalue weighted by atomic mass is 32.2. The zero-order valence-electron chi connectivity index (χ0n) is 17.2. The van der Waals surface area contributed by atoms with Crippen LogP contribution in [0.5, 0.6) is 5.75 Å². The van der Waals surface area contributed by atoms with E-state index < -0.39 is 28.1 Å². The summed E-state index contributed by atoms with van der Waals surface area (Å²) in [5.41, 5.74) is 2.50. The molecule has 0 spiro atoms. The highest BCUT2D eigenvalue weighted by Gasteiger charge is 2.40. The minimum atomic E-state index is -4.01. The predicted molar refractivity (Wildman–Crippen MR) is 118 cm³/mol. The molecule has 4 rings (SSSR count). The number of amides is 1. The van der Waals surface area contributed by atoms with E-state index >= 15 is 0 Å². The van der Waals surface area contributed by atoms with E-state index in [9.17, 15) is 18.3 Å². The third-order valence-electron chi connectivity index (χ3n) is 5.64. The molecule has 0 aliphatic carbocycles. The first-order valence-electron chi connectivity index (χ1n) is 10.2. The summed E-state index contributed by atoms with van der Waals surface area (Å²) in [4.78, 5) is 12.0. The number of hydrogen-bond acceptors (Lipinski definition) is 6. The van der Waals surface area contributed by atoms with E-state index in [1.54, 1.807) is 12.1 Å². The summed E-state index contributed by atoms with van der Waals surface area (Å²) < 4.78 is 33.1. The van der Waals surface area contributed by atoms with Crippen molar-refractivity contribution >= 4 is 26.7 Å². The first-order chi connectivity index (χ1) is 15.4. The lowest BCUT2D eigenvalue weighted by Gasteiger charge is -2.35. The average Bonchev–Trinajstić information content (AvgIpc) is 2.82. The van der Waals surface area contributed by atoms with Crippen LogP contribution in [0, 0.1) is 0 Å². The van der Waals surface area contributed by atoms with Crippen LogP contribution in [-0.4, -0.2) is 47.6 Å². The lowest BCUT2D eigenvalue weighted by molar-refractivity contribution is -0.135. The molecule has 3 aromatic rings. The van der Waals surface area contributed by atoms with Crippen molar-refractivity contribution in [3.63, 3.8) is 0 Å². The molecular formula is C23H24N2O6S. The Balaban J connectivity index is 1.50. The molecule has 1 saturated heterocycles. The molecule has 3 aromatic carbocycles. The van der Waals surface area contributed by atoms with Crippen LogP contribution in [0.2, 0.25) is 0 Å². The van der Waals surface area contributed by atoms with Gasteiger partial charge < -0.3 is 9.84 Å². The largest absolute Gasteiger partial charge is 0.489 e. The van der Waals surface area contributed by atoms with Crippen molar-refractivity contribution in [3.8, 4) is 5.75 Å². The van der Waals surface area contributed by atoms with E-state index in [0.717, 1.165) is 20.6 Å². The van der Waals surface area contributed by atoms with Gasteiger partial charge in [-0.1, -0.05) is 42.5 Å². The molecule has 8 nitrogen and oxygen atoms in total. The quantitative estimate of drug-likeness (QED) is 0.388.